The molecule has 1 aliphatic rings. The van der Waals surface area contributed by atoms with E-state index in [0.717, 1.165) is 24.2 Å². The van der Waals surface area contributed by atoms with Crippen molar-refractivity contribution in [3.05, 3.63) is 30.2 Å². The summed E-state index contributed by atoms with van der Waals surface area (Å²) in [4.78, 5) is 5.63. The van der Waals surface area contributed by atoms with Crippen molar-refractivity contribution in [2.45, 2.75) is 30.2 Å². The fourth-order valence-corrected chi connectivity index (χ4v) is 2.42. The van der Waals surface area contributed by atoms with Gasteiger partial charge in [-0.15, -0.1) is 11.8 Å². The van der Waals surface area contributed by atoms with Gasteiger partial charge in [0.25, 0.3) is 0 Å². The van der Waals surface area contributed by atoms with E-state index in [1.54, 1.807) is 0 Å². The Morgan fingerprint density at radius 1 is 1.33 bits per heavy atom. The third kappa shape index (κ3) is 2.15. The molecule has 0 unspecified atom stereocenters. The minimum atomic E-state index is -0.358. The van der Waals surface area contributed by atoms with E-state index in [2.05, 4.69) is 29.2 Å². The van der Waals surface area contributed by atoms with Crippen LogP contribution < -0.4 is 5.73 Å². The second kappa shape index (κ2) is 4.40. The van der Waals surface area contributed by atoms with E-state index in [4.69, 9.17) is 10.3 Å². The molecule has 0 aliphatic heterocycles. The molecule has 94 valence electrons. The van der Waals surface area contributed by atoms with E-state index in [-0.39, 0.29) is 5.54 Å². The zero-order valence-electron chi connectivity index (χ0n) is 10.2. The molecule has 1 fully saturated rings. The van der Waals surface area contributed by atoms with Crippen LogP contribution in [0.15, 0.2) is 33.7 Å². The van der Waals surface area contributed by atoms with Crippen molar-refractivity contribution in [3.8, 4) is 11.4 Å². The smallest absolute Gasteiger partial charge is 0.247 e. The van der Waals surface area contributed by atoms with Crippen molar-refractivity contribution < 1.29 is 4.52 Å². The molecular formula is C13H15N3OS. The third-order valence-corrected chi connectivity index (χ3v) is 3.96. The summed E-state index contributed by atoms with van der Waals surface area (Å²) >= 11 is 1.81. The van der Waals surface area contributed by atoms with Crippen LogP contribution in [0.3, 0.4) is 0 Å². The Balaban J connectivity index is 1.83. The van der Waals surface area contributed by atoms with Gasteiger partial charge in [0, 0.05) is 10.5 Å². The monoisotopic (exact) mass is 261 g/mol. The first kappa shape index (κ1) is 11.7. The van der Waals surface area contributed by atoms with Gasteiger partial charge in [0.05, 0.1) is 5.54 Å². The molecule has 18 heavy (non-hydrogen) atoms. The molecule has 0 atom stereocenters. The van der Waals surface area contributed by atoms with Gasteiger partial charge in [0.15, 0.2) is 0 Å². The van der Waals surface area contributed by atoms with Crippen LogP contribution in [0, 0.1) is 0 Å². The van der Waals surface area contributed by atoms with E-state index in [1.807, 2.05) is 23.9 Å². The zero-order valence-corrected chi connectivity index (χ0v) is 11.0. The average Bonchev–Trinajstić information content (AvgIpc) is 2.95. The molecule has 1 aromatic carbocycles. The van der Waals surface area contributed by atoms with Gasteiger partial charge >= 0.3 is 0 Å². The molecule has 1 saturated carbocycles. The van der Waals surface area contributed by atoms with Crippen LogP contribution in [-0.4, -0.2) is 15.9 Å². The Morgan fingerprint density at radius 2 is 2.06 bits per heavy atom. The van der Waals surface area contributed by atoms with Crippen molar-refractivity contribution in [2.24, 2.45) is 5.73 Å². The van der Waals surface area contributed by atoms with Crippen LogP contribution in [0.2, 0.25) is 0 Å². The highest BCUT2D eigenvalue weighted by Gasteiger charge is 2.45. The lowest BCUT2D eigenvalue weighted by atomic mass is 10.2. The number of aromatic nitrogens is 2. The second-order valence-corrected chi connectivity index (χ2v) is 5.87. The number of nitrogens with zero attached hydrogens (tertiary/aromatic N) is 2. The van der Waals surface area contributed by atoms with E-state index in [0.29, 0.717) is 11.7 Å². The van der Waals surface area contributed by atoms with Crippen molar-refractivity contribution in [1.29, 1.82) is 0 Å². The minimum Gasteiger partial charge on any atom is -0.337 e. The molecule has 3 rings (SSSR count). The first-order chi connectivity index (χ1) is 8.71. The van der Waals surface area contributed by atoms with E-state index in [9.17, 15) is 0 Å². The van der Waals surface area contributed by atoms with E-state index < -0.39 is 0 Å². The maximum absolute atomic E-state index is 6.02. The number of rotatable bonds is 4. The van der Waals surface area contributed by atoms with Crippen molar-refractivity contribution in [1.82, 2.24) is 10.1 Å². The maximum Gasteiger partial charge on any atom is 0.247 e. The highest BCUT2D eigenvalue weighted by molar-refractivity contribution is 7.99. The lowest BCUT2D eigenvalue weighted by Crippen LogP contribution is -2.18. The summed E-state index contributed by atoms with van der Waals surface area (Å²) in [6, 6.07) is 8.19. The van der Waals surface area contributed by atoms with Crippen molar-refractivity contribution >= 4 is 11.8 Å². The molecule has 5 heteroatoms. The molecule has 0 saturated heterocycles. The number of hydrogen-bond donors (Lipinski definition) is 1. The fraction of sp³-hybridized carbons (Fsp3) is 0.385. The summed E-state index contributed by atoms with van der Waals surface area (Å²) in [5, 5.41) is 4.00. The lowest BCUT2D eigenvalue weighted by molar-refractivity contribution is 0.348. The van der Waals surface area contributed by atoms with Gasteiger partial charge in [0.1, 0.15) is 0 Å². The first-order valence-corrected chi connectivity index (χ1v) is 7.06. The normalized spacial score (nSPS) is 16.8. The summed E-state index contributed by atoms with van der Waals surface area (Å²) in [5.41, 5.74) is 6.63. The fourth-order valence-electron chi connectivity index (χ4n) is 1.76. The number of thioether (sulfide) groups is 1. The lowest BCUT2D eigenvalue weighted by Gasteiger charge is -1.99. The third-order valence-electron chi connectivity index (χ3n) is 3.06. The molecule has 0 radical (unpaired) electrons. The standard InChI is InChI=1S/C13H15N3OS/c1-2-18-10-5-3-9(4-6-10)11-15-12(17-16-11)13(14)7-8-13/h3-6H,2,7-8,14H2,1H3. The molecule has 1 aliphatic carbocycles. The van der Waals surface area contributed by atoms with Gasteiger partial charge in [-0.1, -0.05) is 12.1 Å². The molecular weight excluding hydrogens is 246 g/mol. The molecule has 2 N–H and O–H groups in total. The van der Waals surface area contributed by atoms with Crippen LogP contribution >= 0.6 is 11.8 Å². The Hall–Kier alpha value is -1.33. The van der Waals surface area contributed by atoms with Crippen LogP contribution in [0.5, 0.6) is 0 Å². The van der Waals surface area contributed by atoms with Crippen LogP contribution in [0.1, 0.15) is 25.7 Å². The van der Waals surface area contributed by atoms with E-state index in [1.165, 1.54) is 4.90 Å². The SMILES string of the molecule is CCSc1ccc(-c2noc(C3(N)CC3)n2)cc1. The molecule has 0 amide bonds. The Bertz CT molecular complexity index is 546. The maximum atomic E-state index is 6.02. The predicted octanol–water partition coefficient (Wildman–Crippen LogP) is 2.80. The first-order valence-electron chi connectivity index (χ1n) is 6.07. The molecule has 2 aromatic rings. The van der Waals surface area contributed by atoms with Crippen LogP contribution in [0.4, 0.5) is 0 Å². The Morgan fingerprint density at radius 3 is 2.67 bits per heavy atom. The van der Waals surface area contributed by atoms with Gasteiger partial charge in [-0.05, 0) is 42.9 Å². The van der Waals surface area contributed by atoms with Crippen LogP contribution in [0.25, 0.3) is 11.4 Å². The second-order valence-electron chi connectivity index (χ2n) is 4.54. The van der Waals surface area contributed by atoms with Crippen LogP contribution in [-0.2, 0) is 5.54 Å². The molecule has 4 nitrogen and oxygen atoms in total. The highest BCUT2D eigenvalue weighted by atomic mass is 32.2. The van der Waals surface area contributed by atoms with Gasteiger partial charge in [0.2, 0.25) is 11.7 Å². The largest absolute Gasteiger partial charge is 0.337 e. The van der Waals surface area contributed by atoms with Crippen molar-refractivity contribution in [2.75, 3.05) is 5.75 Å². The summed E-state index contributed by atoms with van der Waals surface area (Å²) in [5.74, 6) is 2.25. The van der Waals surface area contributed by atoms with Gasteiger partial charge in [-0.25, -0.2) is 0 Å². The zero-order chi connectivity index (χ0) is 12.6. The number of nitrogens with two attached hydrogens (primary N) is 1. The summed E-state index contributed by atoms with van der Waals surface area (Å²) in [7, 11) is 0. The molecule has 0 spiro atoms. The highest BCUT2D eigenvalue weighted by Crippen LogP contribution is 2.42. The summed E-state index contributed by atoms with van der Waals surface area (Å²) < 4.78 is 5.23. The number of benzene rings is 1. The van der Waals surface area contributed by atoms with Gasteiger partial charge in [-0.3, -0.25) is 0 Å². The Kier molecular flexibility index (Phi) is 2.87. The van der Waals surface area contributed by atoms with E-state index >= 15 is 0 Å². The quantitative estimate of drug-likeness (QED) is 0.857. The predicted molar refractivity (Wildman–Crippen MR) is 71.2 cm³/mol. The molecule has 1 aromatic heterocycles. The topological polar surface area (TPSA) is 64.9 Å². The Labute approximate surface area is 110 Å². The van der Waals surface area contributed by atoms with Gasteiger partial charge in [-0.2, -0.15) is 4.98 Å². The summed E-state index contributed by atoms with van der Waals surface area (Å²) in [6.07, 6.45) is 1.86. The molecule has 0 bridgehead atoms. The summed E-state index contributed by atoms with van der Waals surface area (Å²) in [6.45, 7) is 2.14. The molecule has 1 heterocycles. The average molecular weight is 261 g/mol. The van der Waals surface area contributed by atoms with Crippen molar-refractivity contribution in [3.63, 3.8) is 0 Å². The minimum absolute atomic E-state index is 0.358. The van der Waals surface area contributed by atoms with Gasteiger partial charge < -0.3 is 10.3 Å². The number of hydrogen-bond acceptors (Lipinski definition) is 5.